The Hall–Kier alpha value is -1.96. The van der Waals surface area contributed by atoms with Crippen LogP contribution in [0, 0.1) is 20.8 Å². The summed E-state index contributed by atoms with van der Waals surface area (Å²) >= 11 is 0. The maximum absolute atomic E-state index is 9.23. The van der Waals surface area contributed by atoms with Gasteiger partial charge >= 0.3 is 0 Å². The summed E-state index contributed by atoms with van der Waals surface area (Å²) in [6.45, 7) is 6.32. The Balaban J connectivity index is 2.30. The lowest BCUT2D eigenvalue weighted by molar-refractivity contribution is 0.475. The van der Waals surface area contributed by atoms with E-state index in [0.29, 0.717) is 0 Å². The van der Waals surface area contributed by atoms with Gasteiger partial charge < -0.3 is 10.4 Å². The second-order valence-electron chi connectivity index (χ2n) is 4.42. The van der Waals surface area contributed by atoms with Crippen molar-refractivity contribution < 1.29 is 5.11 Å². The summed E-state index contributed by atoms with van der Waals surface area (Å²) in [5.41, 5.74) is 5.89. The SMILES string of the molecule is Cc1cc(C)c(Nc2ccc(O)cc2)cc1C. The van der Waals surface area contributed by atoms with Crippen molar-refractivity contribution in [3.8, 4) is 5.75 Å². The van der Waals surface area contributed by atoms with Gasteiger partial charge in [-0.25, -0.2) is 0 Å². The van der Waals surface area contributed by atoms with Crippen LogP contribution in [0.3, 0.4) is 0 Å². The first-order valence-corrected chi connectivity index (χ1v) is 5.70. The zero-order valence-electron chi connectivity index (χ0n) is 10.4. The van der Waals surface area contributed by atoms with Crippen molar-refractivity contribution in [3.63, 3.8) is 0 Å². The first-order chi connectivity index (χ1) is 8.06. The Kier molecular flexibility index (Phi) is 3.05. The Labute approximate surface area is 102 Å². The molecule has 2 rings (SSSR count). The van der Waals surface area contributed by atoms with E-state index in [4.69, 9.17) is 0 Å². The first-order valence-electron chi connectivity index (χ1n) is 5.70. The summed E-state index contributed by atoms with van der Waals surface area (Å²) in [7, 11) is 0. The van der Waals surface area contributed by atoms with E-state index in [1.807, 2.05) is 12.1 Å². The predicted octanol–water partition coefficient (Wildman–Crippen LogP) is 4.06. The van der Waals surface area contributed by atoms with Gasteiger partial charge in [0.25, 0.3) is 0 Å². The molecule has 2 nitrogen and oxygen atoms in total. The molecular formula is C15H17NO. The second-order valence-corrected chi connectivity index (χ2v) is 4.42. The van der Waals surface area contributed by atoms with Crippen LogP contribution >= 0.6 is 0 Å². The van der Waals surface area contributed by atoms with Gasteiger partial charge in [0.1, 0.15) is 5.75 Å². The number of hydrogen-bond donors (Lipinski definition) is 2. The number of hydrogen-bond acceptors (Lipinski definition) is 2. The average Bonchev–Trinajstić information content (AvgIpc) is 2.29. The highest BCUT2D eigenvalue weighted by Crippen LogP contribution is 2.24. The molecule has 0 bridgehead atoms. The van der Waals surface area contributed by atoms with Crippen molar-refractivity contribution in [2.24, 2.45) is 0 Å². The van der Waals surface area contributed by atoms with Crippen LogP contribution in [0.25, 0.3) is 0 Å². The summed E-state index contributed by atoms with van der Waals surface area (Å²) in [5.74, 6) is 0.285. The monoisotopic (exact) mass is 227 g/mol. The van der Waals surface area contributed by atoms with Crippen molar-refractivity contribution in [3.05, 3.63) is 53.1 Å². The third kappa shape index (κ3) is 2.59. The lowest BCUT2D eigenvalue weighted by Crippen LogP contribution is -1.95. The summed E-state index contributed by atoms with van der Waals surface area (Å²) in [5, 5.41) is 12.6. The molecule has 0 aromatic heterocycles. The minimum Gasteiger partial charge on any atom is -0.508 e. The minimum absolute atomic E-state index is 0.285. The third-order valence-electron chi connectivity index (χ3n) is 2.99. The molecule has 0 fully saturated rings. The molecule has 17 heavy (non-hydrogen) atoms. The molecule has 88 valence electrons. The average molecular weight is 227 g/mol. The van der Waals surface area contributed by atoms with Crippen LogP contribution in [0.15, 0.2) is 36.4 Å². The molecule has 0 unspecified atom stereocenters. The lowest BCUT2D eigenvalue weighted by Gasteiger charge is -2.12. The molecule has 0 saturated heterocycles. The maximum atomic E-state index is 9.23. The molecule has 2 aromatic carbocycles. The first kappa shape index (κ1) is 11.5. The topological polar surface area (TPSA) is 32.3 Å². The van der Waals surface area contributed by atoms with Crippen molar-refractivity contribution >= 4 is 11.4 Å². The lowest BCUT2D eigenvalue weighted by atomic mass is 10.0. The van der Waals surface area contributed by atoms with Crippen LogP contribution in [-0.4, -0.2) is 5.11 Å². The van der Waals surface area contributed by atoms with Gasteiger partial charge in [-0.1, -0.05) is 6.07 Å². The van der Waals surface area contributed by atoms with Gasteiger partial charge in [0.05, 0.1) is 0 Å². The van der Waals surface area contributed by atoms with Crippen LogP contribution in [-0.2, 0) is 0 Å². The number of nitrogens with one attached hydrogen (secondary N) is 1. The predicted molar refractivity (Wildman–Crippen MR) is 72.0 cm³/mol. The van der Waals surface area contributed by atoms with Crippen molar-refractivity contribution in [2.45, 2.75) is 20.8 Å². The third-order valence-corrected chi connectivity index (χ3v) is 2.99. The molecule has 2 heteroatoms. The summed E-state index contributed by atoms with van der Waals surface area (Å²) in [6.07, 6.45) is 0. The molecule has 0 aliphatic heterocycles. The van der Waals surface area contributed by atoms with Crippen molar-refractivity contribution in [1.29, 1.82) is 0 Å². The number of aryl methyl sites for hydroxylation is 3. The van der Waals surface area contributed by atoms with Gasteiger partial charge in [-0.05, 0) is 67.8 Å². The maximum Gasteiger partial charge on any atom is 0.115 e. The Bertz CT molecular complexity index is 529. The van der Waals surface area contributed by atoms with Gasteiger partial charge in [0.2, 0.25) is 0 Å². The number of phenols is 1. The van der Waals surface area contributed by atoms with Crippen molar-refractivity contribution in [2.75, 3.05) is 5.32 Å². The zero-order valence-corrected chi connectivity index (χ0v) is 10.4. The van der Waals surface area contributed by atoms with Gasteiger partial charge in [0, 0.05) is 11.4 Å². The molecule has 0 aliphatic carbocycles. The fourth-order valence-corrected chi connectivity index (χ4v) is 1.80. The van der Waals surface area contributed by atoms with Gasteiger partial charge in [-0.15, -0.1) is 0 Å². The number of phenolic OH excluding ortho intramolecular Hbond substituents is 1. The van der Waals surface area contributed by atoms with E-state index < -0.39 is 0 Å². The molecule has 0 heterocycles. The molecule has 0 radical (unpaired) electrons. The highest BCUT2D eigenvalue weighted by atomic mass is 16.3. The van der Waals surface area contributed by atoms with E-state index in [2.05, 4.69) is 38.2 Å². The van der Waals surface area contributed by atoms with E-state index in [1.54, 1.807) is 12.1 Å². The Morgan fingerprint density at radius 3 is 2.06 bits per heavy atom. The smallest absolute Gasteiger partial charge is 0.115 e. The molecule has 0 saturated carbocycles. The molecule has 0 amide bonds. The quantitative estimate of drug-likeness (QED) is 0.758. The highest BCUT2D eigenvalue weighted by molar-refractivity contribution is 5.65. The minimum atomic E-state index is 0.285. The summed E-state index contributed by atoms with van der Waals surface area (Å²) < 4.78 is 0. The summed E-state index contributed by atoms with van der Waals surface area (Å²) in [4.78, 5) is 0. The largest absolute Gasteiger partial charge is 0.508 e. The van der Waals surface area contributed by atoms with Crippen LogP contribution in [0.5, 0.6) is 5.75 Å². The van der Waals surface area contributed by atoms with E-state index >= 15 is 0 Å². The number of anilines is 2. The van der Waals surface area contributed by atoms with E-state index in [0.717, 1.165) is 11.4 Å². The Morgan fingerprint density at radius 2 is 1.41 bits per heavy atom. The Morgan fingerprint density at radius 1 is 0.824 bits per heavy atom. The summed E-state index contributed by atoms with van der Waals surface area (Å²) in [6, 6.07) is 11.4. The molecule has 2 aromatic rings. The fourth-order valence-electron chi connectivity index (χ4n) is 1.80. The molecule has 0 spiro atoms. The normalized spacial score (nSPS) is 10.3. The van der Waals surface area contributed by atoms with Gasteiger partial charge in [-0.3, -0.25) is 0 Å². The van der Waals surface area contributed by atoms with Gasteiger partial charge in [0.15, 0.2) is 0 Å². The highest BCUT2D eigenvalue weighted by Gasteiger charge is 2.02. The van der Waals surface area contributed by atoms with Crippen LogP contribution in [0.1, 0.15) is 16.7 Å². The van der Waals surface area contributed by atoms with Crippen LogP contribution < -0.4 is 5.32 Å². The molecule has 0 atom stereocenters. The van der Waals surface area contributed by atoms with E-state index in [9.17, 15) is 5.11 Å². The standard InChI is InChI=1S/C15H17NO/c1-10-8-12(3)15(9-11(10)2)16-13-4-6-14(17)7-5-13/h4-9,16-17H,1-3H3. The second kappa shape index (κ2) is 4.50. The number of benzene rings is 2. The van der Waals surface area contributed by atoms with Gasteiger partial charge in [-0.2, -0.15) is 0 Å². The van der Waals surface area contributed by atoms with E-state index in [-0.39, 0.29) is 5.75 Å². The number of rotatable bonds is 2. The molecular weight excluding hydrogens is 210 g/mol. The molecule has 0 aliphatic rings. The van der Waals surface area contributed by atoms with Crippen molar-refractivity contribution in [1.82, 2.24) is 0 Å². The fraction of sp³-hybridized carbons (Fsp3) is 0.200. The zero-order chi connectivity index (χ0) is 12.4. The molecule has 2 N–H and O–H groups in total. The van der Waals surface area contributed by atoms with Crippen LogP contribution in [0.4, 0.5) is 11.4 Å². The van der Waals surface area contributed by atoms with Crippen LogP contribution in [0.2, 0.25) is 0 Å². The number of aromatic hydroxyl groups is 1. The van der Waals surface area contributed by atoms with E-state index in [1.165, 1.54) is 16.7 Å².